The molecule has 1 amide bonds. The molecule has 1 N–H and O–H groups in total. The van der Waals surface area contributed by atoms with Crippen LogP contribution in [0.1, 0.15) is 42.7 Å². The Morgan fingerprint density at radius 2 is 1.82 bits per heavy atom. The SMILES string of the molecule is COc1ccccc1-n1ncc2c(C(C)C)nnc(SCC(=O)Nc3ccc(C(C)=O)cc3)c21. The van der Waals surface area contributed by atoms with Crippen LogP contribution in [0.4, 0.5) is 5.69 Å². The summed E-state index contributed by atoms with van der Waals surface area (Å²) < 4.78 is 7.32. The summed E-state index contributed by atoms with van der Waals surface area (Å²) in [5.74, 6) is 0.763. The molecule has 0 bridgehead atoms. The lowest BCUT2D eigenvalue weighted by atomic mass is 10.1. The average molecular weight is 476 g/mol. The van der Waals surface area contributed by atoms with Crippen molar-refractivity contribution in [3.63, 3.8) is 0 Å². The molecule has 8 nitrogen and oxygen atoms in total. The molecule has 174 valence electrons. The Balaban J connectivity index is 1.63. The first-order chi connectivity index (χ1) is 16.4. The van der Waals surface area contributed by atoms with E-state index in [0.29, 0.717) is 22.0 Å². The Labute approximate surface area is 201 Å². The Bertz CT molecular complexity index is 1350. The second-order valence-corrected chi connectivity index (χ2v) is 8.97. The lowest BCUT2D eigenvalue weighted by molar-refractivity contribution is -0.113. The fourth-order valence-corrected chi connectivity index (χ4v) is 4.34. The summed E-state index contributed by atoms with van der Waals surface area (Å²) in [5.41, 5.74) is 3.63. The zero-order chi connectivity index (χ0) is 24.2. The molecule has 2 heterocycles. The van der Waals surface area contributed by atoms with Gasteiger partial charge in [-0.25, -0.2) is 4.68 Å². The predicted octanol–water partition coefficient (Wildman–Crippen LogP) is 4.88. The monoisotopic (exact) mass is 475 g/mol. The van der Waals surface area contributed by atoms with E-state index in [1.54, 1.807) is 42.3 Å². The number of aromatic nitrogens is 4. The summed E-state index contributed by atoms with van der Waals surface area (Å²) in [6.07, 6.45) is 1.78. The quantitative estimate of drug-likeness (QED) is 0.286. The van der Waals surface area contributed by atoms with Crippen LogP contribution >= 0.6 is 11.8 Å². The average Bonchev–Trinajstić information content (AvgIpc) is 3.28. The fourth-order valence-electron chi connectivity index (χ4n) is 3.57. The molecule has 4 aromatic rings. The molecule has 0 spiro atoms. The molecule has 9 heteroatoms. The standard InChI is InChI=1S/C25H25N5O3S/c1-15(2)23-19-13-26-30(20-7-5-6-8-21(20)33-4)24(19)25(29-28-23)34-14-22(32)27-18-11-9-17(10-12-18)16(3)31/h5-13,15H,14H2,1-4H3,(H,27,32). The molecule has 0 radical (unpaired) electrons. The number of fused-ring (bicyclic) bond motifs is 1. The van der Waals surface area contributed by atoms with Crippen molar-refractivity contribution in [1.82, 2.24) is 20.0 Å². The smallest absolute Gasteiger partial charge is 0.234 e. The van der Waals surface area contributed by atoms with Crippen molar-refractivity contribution >= 4 is 40.0 Å². The molecule has 0 atom stereocenters. The van der Waals surface area contributed by atoms with Gasteiger partial charge >= 0.3 is 0 Å². The van der Waals surface area contributed by atoms with E-state index in [0.717, 1.165) is 22.3 Å². The van der Waals surface area contributed by atoms with Crippen LogP contribution in [0.5, 0.6) is 5.75 Å². The molecule has 0 saturated heterocycles. The van der Waals surface area contributed by atoms with Gasteiger partial charge in [-0.2, -0.15) is 10.2 Å². The van der Waals surface area contributed by atoms with Gasteiger partial charge in [-0.1, -0.05) is 37.7 Å². The van der Waals surface area contributed by atoms with Crippen molar-refractivity contribution < 1.29 is 14.3 Å². The maximum Gasteiger partial charge on any atom is 0.234 e. The Hall–Kier alpha value is -3.72. The van der Waals surface area contributed by atoms with Gasteiger partial charge in [0, 0.05) is 16.6 Å². The first kappa shape index (κ1) is 23.4. The number of rotatable bonds is 8. The third-order valence-electron chi connectivity index (χ3n) is 5.27. The van der Waals surface area contributed by atoms with Gasteiger partial charge in [-0.3, -0.25) is 9.59 Å². The van der Waals surface area contributed by atoms with Gasteiger partial charge in [0.1, 0.15) is 22.0 Å². The van der Waals surface area contributed by atoms with E-state index in [4.69, 9.17) is 4.74 Å². The van der Waals surface area contributed by atoms with E-state index in [9.17, 15) is 9.59 Å². The van der Waals surface area contributed by atoms with Crippen LogP contribution in [-0.4, -0.2) is 44.5 Å². The topological polar surface area (TPSA) is 99.0 Å². The molecule has 34 heavy (non-hydrogen) atoms. The highest BCUT2D eigenvalue weighted by Crippen LogP contribution is 2.33. The van der Waals surface area contributed by atoms with Crippen LogP contribution in [0, 0.1) is 0 Å². The minimum atomic E-state index is -0.188. The molecule has 4 rings (SSSR count). The highest BCUT2D eigenvalue weighted by molar-refractivity contribution is 8.00. The van der Waals surface area contributed by atoms with Crippen molar-refractivity contribution in [2.75, 3.05) is 18.2 Å². The molecule has 0 unspecified atom stereocenters. The summed E-state index contributed by atoms with van der Waals surface area (Å²) in [4.78, 5) is 24.1. The molecule has 0 fully saturated rings. The van der Waals surface area contributed by atoms with Gasteiger partial charge in [-0.15, -0.1) is 5.10 Å². The zero-order valence-corrected chi connectivity index (χ0v) is 20.2. The second-order valence-electron chi connectivity index (χ2n) is 8.01. The van der Waals surface area contributed by atoms with Gasteiger partial charge in [0.05, 0.1) is 24.8 Å². The predicted molar refractivity (Wildman–Crippen MR) is 133 cm³/mol. The summed E-state index contributed by atoms with van der Waals surface area (Å²) >= 11 is 1.29. The number of Topliss-reactive ketones (excluding diaryl/α,β-unsaturated/α-hetero) is 1. The van der Waals surface area contributed by atoms with Gasteiger partial charge < -0.3 is 10.1 Å². The summed E-state index contributed by atoms with van der Waals surface area (Å²) in [6, 6.07) is 14.4. The number of ketones is 1. The van der Waals surface area contributed by atoms with Crippen molar-refractivity contribution in [3.8, 4) is 11.4 Å². The summed E-state index contributed by atoms with van der Waals surface area (Å²) in [7, 11) is 1.62. The van der Waals surface area contributed by atoms with E-state index in [-0.39, 0.29) is 23.4 Å². The Morgan fingerprint density at radius 3 is 2.50 bits per heavy atom. The van der Waals surface area contributed by atoms with E-state index in [2.05, 4.69) is 34.5 Å². The highest BCUT2D eigenvalue weighted by Gasteiger charge is 2.20. The number of benzene rings is 2. The van der Waals surface area contributed by atoms with Gasteiger partial charge in [0.25, 0.3) is 0 Å². The number of amides is 1. The highest BCUT2D eigenvalue weighted by atomic mass is 32.2. The number of nitrogens with zero attached hydrogens (tertiary/aromatic N) is 4. The second kappa shape index (κ2) is 10.0. The molecule has 0 aliphatic rings. The number of anilines is 1. The zero-order valence-electron chi connectivity index (χ0n) is 19.4. The molecule has 0 saturated carbocycles. The largest absolute Gasteiger partial charge is 0.494 e. The van der Waals surface area contributed by atoms with E-state index >= 15 is 0 Å². The lowest BCUT2D eigenvalue weighted by Gasteiger charge is -2.12. The summed E-state index contributed by atoms with van der Waals surface area (Å²) in [6.45, 7) is 5.62. The molecular weight excluding hydrogens is 450 g/mol. The van der Waals surface area contributed by atoms with E-state index in [1.165, 1.54) is 18.7 Å². The minimum Gasteiger partial charge on any atom is -0.494 e. The van der Waals surface area contributed by atoms with Crippen LogP contribution in [0.25, 0.3) is 16.6 Å². The fraction of sp³-hybridized carbons (Fsp3) is 0.240. The van der Waals surface area contributed by atoms with Crippen molar-refractivity contribution in [1.29, 1.82) is 0 Å². The Kier molecular flexibility index (Phi) is 6.93. The number of hydrogen-bond acceptors (Lipinski definition) is 7. The van der Waals surface area contributed by atoms with Crippen molar-refractivity contribution in [2.45, 2.75) is 31.7 Å². The van der Waals surface area contributed by atoms with Crippen LogP contribution in [0.3, 0.4) is 0 Å². The number of ether oxygens (including phenoxy) is 1. The maximum absolute atomic E-state index is 12.6. The van der Waals surface area contributed by atoms with Gasteiger partial charge in [0.15, 0.2) is 5.78 Å². The third kappa shape index (κ3) is 4.79. The van der Waals surface area contributed by atoms with E-state index in [1.807, 2.05) is 24.3 Å². The minimum absolute atomic E-state index is 0.0208. The molecule has 2 aromatic carbocycles. The number of hydrogen-bond donors (Lipinski definition) is 1. The van der Waals surface area contributed by atoms with Gasteiger partial charge in [0.2, 0.25) is 5.91 Å². The van der Waals surface area contributed by atoms with Crippen LogP contribution in [0.2, 0.25) is 0 Å². The number of carbonyl (C=O) groups is 2. The molecule has 0 aliphatic heterocycles. The van der Waals surface area contributed by atoms with Crippen molar-refractivity contribution in [2.24, 2.45) is 0 Å². The first-order valence-corrected chi connectivity index (χ1v) is 11.8. The third-order valence-corrected chi connectivity index (χ3v) is 6.23. The van der Waals surface area contributed by atoms with Gasteiger partial charge in [-0.05, 0) is 49.2 Å². The van der Waals surface area contributed by atoms with Crippen LogP contribution < -0.4 is 10.1 Å². The first-order valence-electron chi connectivity index (χ1n) is 10.8. The molecule has 0 aliphatic carbocycles. The Morgan fingerprint density at radius 1 is 1.09 bits per heavy atom. The van der Waals surface area contributed by atoms with Crippen LogP contribution in [-0.2, 0) is 4.79 Å². The number of carbonyl (C=O) groups excluding carboxylic acids is 2. The number of nitrogens with one attached hydrogen (secondary N) is 1. The van der Waals surface area contributed by atoms with Crippen molar-refractivity contribution in [3.05, 3.63) is 66.0 Å². The number of para-hydroxylation sites is 2. The summed E-state index contributed by atoms with van der Waals surface area (Å²) in [5, 5.41) is 17.8. The molecular formula is C25H25N5O3S. The normalized spacial score (nSPS) is 11.1. The maximum atomic E-state index is 12.6. The van der Waals surface area contributed by atoms with Crippen LogP contribution in [0.15, 0.2) is 59.8 Å². The number of thioether (sulfide) groups is 1. The number of methoxy groups -OCH3 is 1. The lowest BCUT2D eigenvalue weighted by Crippen LogP contribution is -2.14. The molecule has 2 aromatic heterocycles. The van der Waals surface area contributed by atoms with E-state index < -0.39 is 0 Å².